The first-order chi connectivity index (χ1) is 14.5. The molecule has 2 amide bonds. The Bertz CT molecular complexity index is 913. The lowest BCUT2D eigenvalue weighted by atomic mass is 10.1. The highest BCUT2D eigenvalue weighted by molar-refractivity contribution is 5.98. The van der Waals surface area contributed by atoms with Crippen LogP contribution in [0, 0.1) is 6.92 Å². The summed E-state index contributed by atoms with van der Waals surface area (Å²) >= 11 is 0. The molecule has 0 N–H and O–H groups in total. The fraction of sp³-hybridized carbons (Fsp3) is 0.348. The second-order valence-electron chi connectivity index (χ2n) is 7.10. The van der Waals surface area contributed by atoms with Crippen molar-refractivity contribution >= 4 is 23.5 Å². The topological polar surface area (TPSA) is 76.2 Å². The Kier molecular flexibility index (Phi) is 7.06. The van der Waals surface area contributed by atoms with E-state index in [9.17, 15) is 14.4 Å². The van der Waals surface area contributed by atoms with E-state index in [1.807, 2.05) is 55.5 Å². The highest BCUT2D eigenvalue weighted by Crippen LogP contribution is 2.32. The molecule has 1 heterocycles. The zero-order valence-corrected chi connectivity index (χ0v) is 17.3. The van der Waals surface area contributed by atoms with Crippen LogP contribution in [-0.2, 0) is 25.7 Å². The van der Waals surface area contributed by atoms with Crippen molar-refractivity contribution in [3.63, 3.8) is 0 Å². The van der Waals surface area contributed by atoms with E-state index >= 15 is 0 Å². The van der Waals surface area contributed by atoms with Crippen LogP contribution >= 0.6 is 0 Å². The Balaban J connectivity index is 1.71. The molecule has 0 saturated carbocycles. The number of carbonyl (C=O) groups is 3. The number of benzene rings is 2. The van der Waals surface area contributed by atoms with Crippen LogP contribution in [0.1, 0.15) is 24.5 Å². The second kappa shape index (κ2) is 9.91. The van der Waals surface area contributed by atoms with Crippen molar-refractivity contribution in [3.05, 3.63) is 59.7 Å². The van der Waals surface area contributed by atoms with Gasteiger partial charge in [0.2, 0.25) is 5.91 Å². The third-order valence-electron chi connectivity index (χ3n) is 4.80. The molecule has 7 heteroatoms. The number of hydrogen-bond acceptors (Lipinski definition) is 5. The van der Waals surface area contributed by atoms with Gasteiger partial charge in [0.25, 0.3) is 5.91 Å². The number of carbonyl (C=O) groups excluding carboxylic acids is 3. The van der Waals surface area contributed by atoms with E-state index in [-0.39, 0.29) is 44.5 Å². The molecule has 0 fully saturated rings. The second-order valence-corrected chi connectivity index (χ2v) is 7.10. The summed E-state index contributed by atoms with van der Waals surface area (Å²) in [6, 6.07) is 15.1. The maximum absolute atomic E-state index is 13.0. The molecule has 0 saturated heterocycles. The summed E-state index contributed by atoms with van der Waals surface area (Å²) < 4.78 is 10.5. The maximum atomic E-state index is 13.0. The van der Waals surface area contributed by atoms with Gasteiger partial charge < -0.3 is 19.3 Å². The van der Waals surface area contributed by atoms with Crippen molar-refractivity contribution in [3.8, 4) is 5.75 Å². The lowest BCUT2D eigenvalue weighted by molar-refractivity contribution is -0.149. The summed E-state index contributed by atoms with van der Waals surface area (Å²) in [4.78, 5) is 40.4. The Morgan fingerprint density at radius 2 is 1.93 bits per heavy atom. The third-order valence-corrected chi connectivity index (χ3v) is 4.80. The van der Waals surface area contributed by atoms with E-state index in [1.165, 1.54) is 4.90 Å². The zero-order valence-electron chi connectivity index (χ0n) is 17.3. The van der Waals surface area contributed by atoms with Gasteiger partial charge in [0.05, 0.1) is 12.3 Å². The number of ether oxygens (including phenoxy) is 2. The molecule has 2 aromatic rings. The summed E-state index contributed by atoms with van der Waals surface area (Å²) in [6.07, 6.45) is 0.0887. The maximum Gasteiger partial charge on any atom is 0.325 e. The van der Waals surface area contributed by atoms with Gasteiger partial charge in [0.15, 0.2) is 6.61 Å². The largest absolute Gasteiger partial charge is 0.482 e. The molecule has 1 aliphatic rings. The molecule has 158 valence electrons. The number of anilines is 1. The first-order valence-electron chi connectivity index (χ1n) is 9.99. The minimum atomic E-state index is -0.454. The minimum Gasteiger partial charge on any atom is -0.482 e. The number of esters is 1. The van der Waals surface area contributed by atoms with Gasteiger partial charge in [0, 0.05) is 19.5 Å². The Morgan fingerprint density at radius 3 is 2.67 bits per heavy atom. The van der Waals surface area contributed by atoms with Crippen LogP contribution in [0.3, 0.4) is 0 Å². The molecule has 0 unspecified atom stereocenters. The Labute approximate surface area is 176 Å². The predicted octanol–water partition coefficient (Wildman–Crippen LogP) is 2.70. The molecule has 0 atom stereocenters. The number of fused-ring (bicyclic) bond motifs is 1. The molecule has 30 heavy (non-hydrogen) atoms. The lowest BCUT2D eigenvalue weighted by Gasteiger charge is -2.30. The first kappa shape index (κ1) is 21.4. The molecule has 1 aliphatic heterocycles. The van der Waals surface area contributed by atoms with Gasteiger partial charge >= 0.3 is 5.97 Å². The van der Waals surface area contributed by atoms with Crippen LogP contribution in [0.4, 0.5) is 5.69 Å². The molecule has 0 aromatic heterocycles. The third kappa shape index (κ3) is 5.37. The monoisotopic (exact) mass is 410 g/mol. The van der Waals surface area contributed by atoms with Crippen molar-refractivity contribution < 1.29 is 23.9 Å². The average molecular weight is 410 g/mol. The summed E-state index contributed by atoms with van der Waals surface area (Å²) in [5.41, 5.74) is 2.58. The highest BCUT2D eigenvalue weighted by atomic mass is 16.5. The fourth-order valence-electron chi connectivity index (χ4n) is 3.32. The van der Waals surface area contributed by atoms with E-state index in [0.717, 1.165) is 11.1 Å². The van der Waals surface area contributed by atoms with Crippen LogP contribution in [0.5, 0.6) is 5.75 Å². The fourth-order valence-corrected chi connectivity index (χ4v) is 3.32. The smallest absolute Gasteiger partial charge is 0.325 e. The molecule has 0 bridgehead atoms. The van der Waals surface area contributed by atoms with E-state index in [4.69, 9.17) is 9.47 Å². The van der Waals surface area contributed by atoms with Gasteiger partial charge in [0.1, 0.15) is 12.3 Å². The van der Waals surface area contributed by atoms with Gasteiger partial charge in [-0.15, -0.1) is 0 Å². The normalized spacial score (nSPS) is 12.7. The van der Waals surface area contributed by atoms with Gasteiger partial charge in [-0.1, -0.05) is 36.4 Å². The number of amides is 2. The van der Waals surface area contributed by atoms with Crippen LogP contribution < -0.4 is 9.64 Å². The van der Waals surface area contributed by atoms with E-state index in [1.54, 1.807) is 11.8 Å². The van der Waals surface area contributed by atoms with Gasteiger partial charge in [-0.25, -0.2) is 0 Å². The molecule has 0 radical (unpaired) electrons. The first-order valence-corrected chi connectivity index (χ1v) is 9.99. The highest BCUT2D eigenvalue weighted by Gasteiger charge is 2.27. The summed E-state index contributed by atoms with van der Waals surface area (Å²) in [5.74, 6) is -0.244. The SMILES string of the molecule is CCOC(=O)CN(Cc1ccccc1)C(=O)CCN1C(=O)COc2ccc(C)cc21. The van der Waals surface area contributed by atoms with E-state index in [2.05, 4.69) is 0 Å². The molecule has 7 nitrogen and oxygen atoms in total. The van der Waals surface area contributed by atoms with Crippen LogP contribution in [-0.4, -0.2) is 49.0 Å². The quantitative estimate of drug-likeness (QED) is 0.626. The van der Waals surface area contributed by atoms with Crippen LogP contribution in [0.2, 0.25) is 0 Å². The number of nitrogens with zero attached hydrogens (tertiary/aromatic N) is 2. The average Bonchev–Trinajstić information content (AvgIpc) is 2.73. The van der Waals surface area contributed by atoms with E-state index < -0.39 is 5.97 Å². The standard InChI is InChI=1S/C23H26N2O5/c1-3-29-23(28)15-24(14-18-7-5-4-6-8-18)21(26)11-12-25-19-13-17(2)9-10-20(19)30-16-22(25)27/h4-10,13H,3,11-12,14-16H2,1-2H3. The van der Waals surface area contributed by atoms with Crippen molar-refractivity contribution in [2.24, 2.45) is 0 Å². The number of rotatable bonds is 8. The van der Waals surface area contributed by atoms with Gasteiger partial charge in [-0.05, 0) is 37.1 Å². The zero-order chi connectivity index (χ0) is 21.5. The number of hydrogen-bond donors (Lipinski definition) is 0. The molecule has 2 aromatic carbocycles. The molecule has 0 spiro atoms. The van der Waals surface area contributed by atoms with Crippen molar-refractivity contribution in [2.45, 2.75) is 26.8 Å². The molecule has 0 aliphatic carbocycles. The summed E-state index contributed by atoms with van der Waals surface area (Å²) in [5, 5.41) is 0. The molecular formula is C23H26N2O5. The van der Waals surface area contributed by atoms with Gasteiger partial charge in [-0.2, -0.15) is 0 Å². The number of aryl methyl sites for hydroxylation is 1. The van der Waals surface area contributed by atoms with E-state index in [0.29, 0.717) is 18.0 Å². The van der Waals surface area contributed by atoms with Crippen LogP contribution in [0.15, 0.2) is 48.5 Å². The summed E-state index contributed by atoms with van der Waals surface area (Å²) in [7, 11) is 0. The molecular weight excluding hydrogens is 384 g/mol. The lowest BCUT2D eigenvalue weighted by Crippen LogP contribution is -2.42. The van der Waals surface area contributed by atoms with Crippen molar-refractivity contribution in [1.82, 2.24) is 4.90 Å². The predicted molar refractivity (Wildman–Crippen MR) is 112 cm³/mol. The Hall–Kier alpha value is -3.35. The summed E-state index contributed by atoms with van der Waals surface area (Å²) in [6.45, 7) is 4.24. The minimum absolute atomic E-state index is 0.0548. The Morgan fingerprint density at radius 1 is 1.17 bits per heavy atom. The van der Waals surface area contributed by atoms with Gasteiger partial charge in [-0.3, -0.25) is 14.4 Å². The van der Waals surface area contributed by atoms with Crippen molar-refractivity contribution in [2.75, 3.05) is 31.2 Å². The van der Waals surface area contributed by atoms with Crippen molar-refractivity contribution in [1.29, 1.82) is 0 Å². The van der Waals surface area contributed by atoms with Crippen LogP contribution in [0.25, 0.3) is 0 Å². The molecule has 3 rings (SSSR count).